The zero-order valence-corrected chi connectivity index (χ0v) is 10.2. The van der Waals surface area contributed by atoms with Crippen LogP contribution in [0.4, 0.5) is 5.69 Å². The summed E-state index contributed by atoms with van der Waals surface area (Å²) in [5.41, 5.74) is 8.08. The summed E-state index contributed by atoms with van der Waals surface area (Å²) >= 11 is 0. The highest BCUT2D eigenvalue weighted by Crippen LogP contribution is 2.20. The summed E-state index contributed by atoms with van der Waals surface area (Å²) in [6, 6.07) is 8.98. The number of nitrogens with two attached hydrogens (primary N) is 1. The van der Waals surface area contributed by atoms with Gasteiger partial charge in [-0.05, 0) is 30.5 Å². The molecule has 0 radical (unpaired) electrons. The van der Waals surface area contributed by atoms with Crippen molar-refractivity contribution in [3.05, 3.63) is 29.8 Å². The molecule has 2 nitrogen and oxygen atoms in total. The number of hydrogen-bond acceptors (Lipinski definition) is 2. The number of anilines is 1. The highest BCUT2D eigenvalue weighted by molar-refractivity contribution is 5.48. The second-order valence-electron chi connectivity index (χ2n) is 4.47. The number of hydrogen-bond donors (Lipinski definition) is 1. The zero-order chi connectivity index (χ0) is 11.4. The maximum atomic E-state index is 5.64. The molecule has 1 unspecified atom stereocenters. The zero-order valence-electron chi connectivity index (χ0n) is 10.2. The predicted molar refractivity (Wildman–Crippen MR) is 67.0 cm³/mol. The maximum absolute atomic E-state index is 5.64. The Morgan fingerprint density at radius 3 is 2.47 bits per heavy atom. The highest BCUT2D eigenvalue weighted by atomic mass is 15.1. The molecule has 2 heteroatoms. The largest absolute Gasteiger partial charge is 0.372 e. The lowest BCUT2D eigenvalue weighted by atomic mass is 10.0. The van der Waals surface area contributed by atoms with Gasteiger partial charge in [-0.15, -0.1) is 0 Å². The van der Waals surface area contributed by atoms with Gasteiger partial charge >= 0.3 is 0 Å². The molecule has 0 heterocycles. The number of rotatable bonds is 4. The van der Waals surface area contributed by atoms with Crippen LogP contribution in [0.15, 0.2) is 24.3 Å². The topological polar surface area (TPSA) is 29.3 Å². The summed E-state index contributed by atoms with van der Waals surface area (Å²) in [5.74, 6) is 0.650. The van der Waals surface area contributed by atoms with Crippen LogP contribution in [0, 0.1) is 5.92 Å². The average molecular weight is 206 g/mol. The molecule has 15 heavy (non-hydrogen) atoms. The van der Waals surface area contributed by atoms with E-state index in [9.17, 15) is 0 Å². The van der Waals surface area contributed by atoms with Crippen molar-refractivity contribution in [2.24, 2.45) is 11.7 Å². The molecule has 0 aliphatic heterocycles. The van der Waals surface area contributed by atoms with Crippen LogP contribution in [0.5, 0.6) is 0 Å². The van der Waals surface area contributed by atoms with Crippen molar-refractivity contribution in [3.63, 3.8) is 0 Å². The van der Waals surface area contributed by atoms with Crippen molar-refractivity contribution in [3.8, 4) is 0 Å². The van der Waals surface area contributed by atoms with Gasteiger partial charge < -0.3 is 10.6 Å². The summed E-state index contributed by atoms with van der Waals surface area (Å²) in [6.45, 7) is 7.35. The molecule has 1 atom stereocenters. The monoisotopic (exact) mass is 206 g/mol. The van der Waals surface area contributed by atoms with Gasteiger partial charge in [0, 0.05) is 25.3 Å². The fraction of sp³-hybridized carbons (Fsp3) is 0.538. The van der Waals surface area contributed by atoms with E-state index in [0.29, 0.717) is 18.5 Å². The molecular formula is C13H22N2. The van der Waals surface area contributed by atoms with E-state index in [0.717, 1.165) is 0 Å². The molecule has 0 aliphatic carbocycles. The smallest absolute Gasteiger partial charge is 0.0369 e. The van der Waals surface area contributed by atoms with Crippen LogP contribution in [0.1, 0.15) is 26.3 Å². The van der Waals surface area contributed by atoms with Gasteiger partial charge in [0.05, 0.1) is 0 Å². The van der Waals surface area contributed by atoms with Crippen molar-refractivity contribution < 1.29 is 0 Å². The lowest BCUT2D eigenvalue weighted by Gasteiger charge is -2.30. The Bertz CT molecular complexity index is 307. The first-order chi connectivity index (χ1) is 7.06. The van der Waals surface area contributed by atoms with E-state index in [2.05, 4.69) is 57.0 Å². The van der Waals surface area contributed by atoms with Gasteiger partial charge in [0.1, 0.15) is 0 Å². The highest BCUT2D eigenvalue weighted by Gasteiger charge is 2.13. The summed E-state index contributed by atoms with van der Waals surface area (Å²) in [4.78, 5) is 2.31. The summed E-state index contributed by atoms with van der Waals surface area (Å²) in [5, 5.41) is 0. The minimum Gasteiger partial charge on any atom is -0.372 e. The maximum Gasteiger partial charge on any atom is 0.0369 e. The normalized spacial score (nSPS) is 12.9. The second-order valence-corrected chi connectivity index (χ2v) is 4.47. The number of benzene rings is 1. The molecule has 1 aromatic carbocycles. The van der Waals surface area contributed by atoms with Crippen molar-refractivity contribution in [2.45, 2.75) is 33.4 Å². The average Bonchev–Trinajstić information content (AvgIpc) is 2.27. The molecule has 1 aromatic rings. The Labute approximate surface area is 93.1 Å². The Morgan fingerprint density at radius 2 is 1.93 bits per heavy atom. The number of nitrogens with zero attached hydrogens (tertiary/aromatic N) is 1. The lowest BCUT2D eigenvalue weighted by Crippen LogP contribution is -2.33. The van der Waals surface area contributed by atoms with E-state index >= 15 is 0 Å². The first kappa shape index (κ1) is 12.1. The van der Waals surface area contributed by atoms with Crippen LogP contribution >= 0.6 is 0 Å². The van der Waals surface area contributed by atoms with E-state index < -0.39 is 0 Å². The molecule has 0 saturated heterocycles. The third-order valence-electron chi connectivity index (χ3n) is 3.13. The molecule has 0 saturated carbocycles. The molecule has 84 valence electrons. The van der Waals surface area contributed by atoms with Gasteiger partial charge in [0.2, 0.25) is 0 Å². The Hall–Kier alpha value is -1.02. The van der Waals surface area contributed by atoms with E-state index in [1.807, 2.05) is 0 Å². The molecule has 0 bridgehead atoms. The summed E-state index contributed by atoms with van der Waals surface area (Å²) in [6.07, 6.45) is 0. The molecule has 0 spiro atoms. The Kier molecular flexibility index (Phi) is 4.15. The minimum absolute atomic E-state index is 0.540. The van der Waals surface area contributed by atoms with Crippen molar-refractivity contribution in [1.82, 2.24) is 0 Å². The van der Waals surface area contributed by atoms with Gasteiger partial charge in [0.25, 0.3) is 0 Å². The van der Waals surface area contributed by atoms with Crippen LogP contribution in [0.3, 0.4) is 0 Å². The predicted octanol–water partition coefficient (Wildman–Crippen LogP) is 2.63. The Morgan fingerprint density at radius 1 is 1.27 bits per heavy atom. The van der Waals surface area contributed by atoms with Gasteiger partial charge in [0.15, 0.2) is 0 Å². The van der Waals surface area contributed by atoms with E-state index in [4.69, 9.17) is 5.73 Å². The van der Waals surface area contributed by atoms with E-state index in [-0.39, 0.29) is 0 Å². The van der Waals surface area contributed by atoms with Crippen LogP contribution in [-0.2, 0) is 6.54 Å². The quantitative estimate of drug-likeness (QED) is 0.820. The van der Waals surface area contributed by atoms with Crippen LogP contribution in [0.25, 0.3) is 0 Å². The molecule has 2 N–H and O–H groups in total. The molecule has 0 fully saturated rings. The van der Waals surface area contributed by atoms with Crippen LogP contribution in [0.2, 0.25) is 0 Å². The van der Waals surface area contributed by atoms with Crippen LogP contribution < -0.4 is 10.6 Å². The molecule has 0 amide bonds. The van der Waals surface area contributed by atoms with Gasteiger partial charge in [-0.1, -0.05) is 26.0 Å². The van der Waals surface area contributed by atoms with Gasteiger partial charge in [-0.25, -0.2) is 0 Å². The SMILES string of the molecule is CC(C)C(C)N(C)c1cccc(CN)c1. The summed E-state index contributed by atoms with van der Waals surface area (Å²) < 4.78 is 0. The van der Waals surface area contributed by atoms with E-state index in [1.54, 1.807) is 0 Å². The van der Waals surface area contributed by atoms with Gasteiger partial charge in [-0.2, -0.15) is 0 Å². The van der Waals surface area contributed by atoms with Crippen molar-refractivity contribution in [1.29, 1.82) is 0 Å². The minimum atomic E-state index is 0.540. The second kappa shape index (κ2) is 5.17. The molecule has 0 aromatic heterocycles. The fourth-order valence-electron chi connectivity index (χ4n) is 1.59. The fourth-order valence-corrected chi connectivity index (χ4v) is 1.59. The van der Waals surface area contributed by atoms with Crippen molar-refractivity contribution >= 4 is 5.69 Å². The first-order valence-corrected chi connectivity index (χ1v) is 5.58. The molecular weight excluding hydrogens is 184 g/mol. The van der Waals surface area contributed by atoms with Gasteiger partial charge in [-0.3, -0.25) is 0 Å². The third kappa shape index (κ3) is 2.96. The Balaban J connectivity index is 2.85. The van der Waals surface area contributed by atoms with E-state index in [1.165, 1.54) is 11.3 Å². The first-order valence-electron chi connectivity index (χ1n) is 5.58. The third-order valence-corrected chi connectivity index (χ3v) is 3.13. The molecule has 0 aliphatic rings. The van der Waals surface area contributed by atoms with Crippen LogP contribution in [-0.4, -0.2) is 13.1 Å². The van der Waals surface area contributed by atoms with Crippen molar-refractivity contribution in [2.75, 3.05) is 11.9 Å². The molecule has 1 rings (SSSR count). The summed E-state index contributed by atoms with van der Waals surface area (Å²) in [7, 11) is 2.14. The lowest BCUT2D eigenvalue weighted by molar-refractivity contribution is 0.505. The standard InChI is InChI=1S/C13H22N2/c1-10(2)11(3)15(4)13-7-5-6-12(8-13)9-14/h5-8,10-11H,9,14H2,1-4H3.